The van der Waals surface area contributed by atoms with E-state index < -0.39 is 16.0 Å². The molecule has 0 saturated carbocycles. The third-order valence-corrected chi connectivity index (χ3v) is 5.80. The van der Waals surface area contributed by atoms with Crippen molar-refractivity contribution in [3.05, 3.63) is 52.0 Å². The van der Waals surface area contributed by atoms with Crippen molar-refractivity contribution in [2.45, 2.75) is 18.2 Å². The van der Waals surface area contributed by atoms with Crippen molar-refractivity contribution in [2.75, 3.05) is 11.4 Å². The molecule has 0 bridgehead atoms. The van der Waals surface area contributed by atoms with Gasteiger partial charge in [-0.25, -0.2) is 13.2 Å². The maximum absolute atomic E-state index is 12.8. The van der Waals surface area contributed by atoms with Crippen LogP contribution in [0.2, 0.25) is 0 Å². The van der Waals surface area contributed by atoms with E-state index >= 15 is 0 Å². The highest BCUT2D eigenvalue weighted by Gasteiger charge is 2.27. The topological polar surface area (TPSA) is 94.9 Å². The van der Waals surface area contributed by atoms with Crippen LogP contribution in [0.1, 0.15) is 22.8 Å². The van der Waals surface area contributed by atoms with E-state index in [1.54, 1.807) is 6.07 Å². The zero-order valence-electron chi connectivity index (χ0n) is 13.0. The van der Waals surface area contributed by atoms with E-state index in [2.05, 4.69) is 15.9 Å². The van der Waals surface area contributed by atoms with Crippen LogP contribution < -0.4 is 4.31 Å². The van der Waals surface area contributed by atoms with Gasteiger partial charge in [-0.2, -0.15) is 0 Å². The summed E-state index contributed by atoms with van der Waals surface area (Å²) >= 11 is 3.25. The molecule has 2 N–H and O–H groups in total. The SMILES string of the molecule is CCc1cc(Br)cc(C(=O)O)c1N(C)S(=O)(=O)c1ccc(O)cc1. The molecule has 0 amide bonds. The van der Waals surface area contributed by atoms with Crippen molar-refractivity contribution < 1.29 is 23.4 Å². The van der Waals surface area contributed by atoms with Gasteiger partial charge in [-0.1, -0.05) is 22.9 Å². The number of halogens is 1. The third kappa shape index (κ3) is 3.39. The molecule has 0 unspecified atom stereocenters. The van der Waals surface area contributed by atoms with Crippen LogP contribution in [0.15, 0.2) is 45.8 Å². The Kier molecular flexibility index (Phi) is 5.19. The van der Waals surface area contributed by atoms with Gasteiger partial charge in [0.15, 0.2) is 0 Å². The Bertz CT molecular complexity index is 878. The number of sulfonamides is 1. The number of aromatic hydroxyl groups is 1. The molecule has 2 aromatic rings. The van der Waals surface area contributed by atoms with Gasteiger partial charge in [0, 0.05) is 11.5 Å². The molecule has 0 aliphatic carbocycles. The highest BCUT2D eigenvalue weighted by molar-refractivity contribution is 9.10. The molecule has 0 radical (unpaired) electrons. The van der Waals surface area contributed by atoms with Gasteiger partial charge in [0.25, 0.3) is 10.0 Å². The normalized spacial score (nSPS) is 11.3. The van der Waals surface area contributed by atoms with Gasteiger partial charge < -0.3 is 10.2 Å². The third-order valence-electron chi connectivity index (χ3n) is 3.57. The molecule has 0 heterocycles. The molecule has 0 aliphatic rings. The Morgan fingerprint density at radius 1 is 1.21 bits per heavy atom. The highest BCUT2D eigenvalue weighted by atomic mass is 79.9. The van der Waals surface area contributed by atoms with Crippen LogP contribution in [0.25, 0.3) is 0 Å². The lowest BCUT2D eigenvalue weighted by atomic mass is 10.1. The van der Waals surface area contributed by atoms with Gasteiger partial charge in [-0.05, 0) is 48.4 Å². The summed E-state index contributed by atoms with van der Waals surface area (Å²) in [6.45, 7) is 1.82. The first kappa shape index (κ1) is 18.3. The largest absolute Gasteiger partial charge is 0.508 e. The van der Waals surface area contributed by atoms with Crippen molar-refractivity contribution >= 4 is 37.6 Å². The van der Waals surface area contributed by atoms with Crippen LogP contribution in [-0.2, 0) is 16.4 Å². The number of aromatic carboxylic acids is 1. The summed E-state index contributed by atoms with van der Waals surface area (Å²) in [5.74, 6) is -1.27. The molecule has 128 valence electrons. The van der Waals surface area contributed by atoms with Crippen molar-refractivity contribution in [3.8, 4) is 5.75 Å². The lowest BCUT2D eigenvalue weighted by Crippen LogP contribution is -2.29. The summed E-state index contributed by atoms with van der Waals surface area (Å²) in [4.78, 5) is 11.5. The molecule has 0 atom stereocenters. The minimum Gasteiger partial charge on any atom is -0.508 e. The van der Waals surface area contributed by atoms with Crippen LogP contribution in [-0.4, -0.2) is 31.6 Å². The Labute approximate surface area is 148 Å². The predicted molar refractivity (Wildman–Crippen MR) is 94.2 cm³/mol. The number of benzene rings is 2. The summed E-state index contributed by atoms with van der Waals surface area (Å²) in [5.41, 5.74) is 0.610. The number of aryl methyl sites for hydroxylation is 1. The average Bonchev–Trinajstić information content (AvgIpc) is 2.53. The first-order chi connectivity index (χ1) is 11.2. The maximum atomic E-state index is 12.8. The lowest BCUT2D eigenvalue weighted by Gasteiger charge is -2.24. The lowest BCUT2D eigenvalue weighted by molar-refractivity contribution is 0.0697. The number of carboxylic acids is 1. The highest BCUT2D eigenvalue weighted by Crippen LogP contribution is 2.33. The molecular formula is C16H16BrNO5S. The molecule has 0 aliphatic heterocycles. The summed E-state index contributed by atoms with van der Waals surface area (Å²) < 4.78 is 27.2. The van der Waals surface area contributed by atoms with Crippen molar-refractivity contribution in [2.24, 2.45) is 0 Å². The van der Waals surface area contributed by atoms with E-state index in [0.717, 1.165) is 4.31 Å². The number of phenols is 1. The molecule has 0 aromatic heterocycles. The zero-order valence-corrected chi connectivity index (χ0v) is 15.4. The van der Waals surface area contributed by atoms with Gasteiger partial charge >= 0.3 is 5.97 Å². The standard InChI is InChI=1S/C16H16BrNO5S/c1-3-10-8-11(17)9-14(16(20)21)15(10)18(2)24(22,23)13-6-4-12(19)5-7-13/h4-9,19H,3H2,1-2H3,(H,20,21). The monoisotopic (exact) mass is 413 g/mol. The number of hydrogen-bond donors (Lipinski definition) is 2. The fraction of sp³-hybridized carbons (Fsp3) is 0.188. The van der Waals surface area contributed by atoms with Gasteiger partial charge in [0.2, 0.25) is 0 Å². The fourth-order valence-corrected chi connectivity index (χ4v) is 4.11. The minimum absolute atomic E-state index is 0.0379. The Morgan fingerprint density at radius 3 is 2.29 bits per heavy atom. The van der Waals surface area contributed by atoms with Gasteiger partial charge in [-0.3, -0.25) is 4.31 Å². The van der Waals surface area contributed by atoms with E-state index in [1.807, 2.05) is 6.92 Å². The van der Waals surface area contributed by atoms with Gasteiger partial charge in [0.1, 0.15) is 5.75 Å². The molecule has 0 fully saturated rings. The Morgan fingerprint density at radius 2 is 1.79 bits per heavy atom. The maximum Gasteiger partial charge on any atom is 0.337 e. The van der Waals surface area contributed by atoms with Crippen LogP contribution in [0, 0.1) is 0 Å². The van der Waals surface area contributed by atoms with Crippen LogP contribution in [0.5, 0.6) is 5.75 Å². The van der Waals surface area contributed by atoms with E-state index in [4.69, 9.17) is 0 Å². The summed E-state index contributed by atoms with van der Waals surface area (Å²) in [5, 5.41) is 18.8. The van der Waals surface area contributed by atoms with E-state index in [1.165, 1.54) is 37.4 Å². The number of hydrogen-bond acceptors (Lipinski definition) is 4. The molecule has 24 heavy (non-hydrogen) atoms. The second-order valence-electron chi connectivity index (χ2n) is 5.09. The molecular weight excluding hydrogens is 398 g/mol. The van der Waals surface area contributed by atoms with Crippen LogP contribution in [0.3, 0.4) is 0 Å². The van der Waals surface area contributed by atoms with Gasteiger partial charge in [0.05, 0.1) is 16.1 Å². The van der Waals surface area contributed by atoms with Crippen molar-refractivity contribution in [3.63, 3.8) is 0 Å². The zero-order chi connectivity index (χ0) is 18.1. The van der Waals surface area contributed by atoms with Crippen LogP contribution in [0.4, 0.5) is 5.69 Å². The molecule has 8 heteroatoms. The first-order valence-corrected chi connectivity index (χ1v) is 9.25. The number of carboxylic acid groups (broad SMARTS) is 1. The van der Waals surface area contributed by atoms with E-state index in [9.17, 15) is 23.4 Å². The molecule has 6 nitrogen and oxygen atoms in total. The number of phenolic OH excluding ortho intramolecular Hbond substituents is 1. The van der Waals surface area contributed by atoms with E-state index in [-0.39, 0.29) is 21.9 Å². The number of anilines is 1. The summed E-state index contributed by atoms with van der Waals surface area (Å²) in [6.07, 6.45) is 0.463. The molecule has 2 rings (SSSR count). The quantitative estimate of drug-likeness (QED) is 0.784. The fourth-order valence-electron chi connectivity index (χ4n) is 2.36. The van der Waals surface area contributed by atoms with Crippen molar-refractivity contribution in [1.29, 1.82) is 0 Å². The second kappa shape index (κ2) is 6.82. The number of rotatable bonds is 5. The predicted octanol–water partition coefficient (Wildman–Crippen LogP) is 3.24. The molecule has 0 spiro atoms. The van der Waals surface area contributed by atoms with Crippen LogP contribution >= 0.6 is 15.9 Å². The molecule has 0 saturated heterocycles. The Hall–Kier alpha value is -2.06. The van der Waals surface area contributed by atoms with Gasteiger partial charge in [-0.15, -0.1) is 0 Å². The molecule has 2 aromatic carbocycles. The second-order valence-corrected chi connectivity index (χ2v) is 7.97. The summed E-state index contributed by atoms with van der Waals surface area (Å²) in [7, 11) is -2.65. The number of nitrogens with zero attached hydrogens (tertiary/aromatic N) is 1. The average molecular weight is 414 g/mol. The smallest absolute Gasteiger partial charge is 0.337 e. The minimum atomic E-state index is -3.97. The Balaban J connectivity index is 2.66. The first-order valence-electron chi connectivity index (χ1n) is 7.02. The number of carbonyl (C=O) groups is 1. The van der Waals surface area contributed by atoms with E-state index in [0.29, 0.717) is 16.5 Å². The van der Waals surface area contributed by atoms with Crippen molar-refractivity contribution in [1.82, 2.24) is 0 Å². The summed E-state index contributed by atoms with van der Waals surface area (Å²) in [6, 6.07) is 8.14.